The summed E-state index contributed by atoms with van der Waals surface area (Å²) < 4.78 is 5.21. The summed E-state index contributed by atoms with van der Waals surface area (Å²) in [6.45, 7) is 1.33. The predicted molar refractivity (Wildman–Crippen MR) is 97.4 cm³/mol. The van der Waals surface area contributed by atoms with Gasteiger partial charge in [0.25, 0.3) is 11.8 Å². The lowest BCUT2D eigenvalue weighted by Crippen LogP contribution is -2.29. The molecule has 2 aromatic carbocycles. The molecule has 2 heterocycles. The monoisotopic (exact) mass is 362 g/mol. The van der Waals surface area contributed by atoms with E-state index in [2.05, 4.69) is 5.32 Å². The number of anilines is 1. The lowest BCUT2D eigenvalue weighted by molar-refractivity contribution is -0.114. The molecule has 0 radical (unpaired) electrons. The molecule has 3 amide bonds. The number of amides is 3. The zero-order valence-corrected chi connectivity index (χ0v) is 14.3. The third-order valence-corrected chi connectivity index (χ3v) is 4.36. The highest BCUT2D eigenvalue weighted by Crippen LogP contribution is 2.27. The first-order valence-electron chi connectivity index (χ1n) is 8.23. The van der Waals surface area contributed by atoms with Gasteiger partial charge in [0.05, 0.1) is 17.7 Å². The Morgan fingerprint density at radius 2 is 1.67 bits per heavy atom. The Balaban J connectivity index is 1.74. The maximum atomic E-state index is 12.6. The van der Waals surface area contributed by atoms with E-state index < -0.39 is 17.4 Å². The van der Waals surface area contributed by atoms with Gasteiger partial charge in [0, 0.05) is 30.1 Å². The molecule has 0 saturated heterocycles. The number of carbonyl (C=O) groups is 3. The molecule has 0 atom stereocenters. The SMILES string of the molecule is CC(=O)Nc1ccc2c(CN3C(=O)c4ccccc4C3=O)cc(=O)oc2c1. The van der Waals surface area contributed by atoms with Gasteiger partial charge in [-0.2, -0.15) is 0 Å². The van der Waals surface area contributed by atoms with Crippen molar-refractivity contribution in [2.45, 2.75) is 13.5 Å². The maximum Gasteiger partial charge on any atom is 0.336 e. The summed E-state index contributed by atoms with van der Waals surface area (Å²) >= 11 is 0. The average molecular weight is 362 g/mol. The number of nitrogens with one attached hydrogen (secondary N) is 1. The number of hydrogen-bond acceptors (Lipinski definition) is 5. The Hall–Kier alpha value is -3.74. The van der Waals surface area contributed by atoms with Crippen LogP contribution < -0.4 is 10.9 Å². The van der Waals surface area contributed by atoms with Crippen LogP contribution in [-0.4, -0.2) is 22.6 Å². The summed E-state index contributed by atoms with van der Waals surface area (Å²) in [6, 6.07) is 12.7. The van der Waals surface area contributed by atoms with Crippen molar-refractivity contribution < 1.29 is 18.8 Å². The van der Waals surface area contributed by atoms with E-state index in [0.29, 0.717) is 27.8 Å². The second-order valence-electron chi connectivity index (χ2n) is 6.22. The zero-order chi connectivity index (χ0) is 19.1. The second kappa shape index (κ2) is 6.21. The number of benzene rings is 2. The van der Waals surface area contributed by atoms with Crippen molar-refractivity contribution in [3.63, 3.8) is 0 Å². The number of rotatable bonds is 3. The van der Waals surface area contributed by atoms with Gasteiger partial charge in [-0.3, -0.25) is 19.3 Å². The molecule has 3 aromatic rings. The molecule has 0 bridgehead atoms. The van der Waals surface area contributed by atoms with Gasteiger partial charge in [0.15, 0.2) is 0 Å². The van der Waals surface area contributed by atoms with Gasteiger partial charge >= 0.3 is 5.63 Å². The van der Waals surface area contributed by atoms with Gasteiger partial charge in [-0.1, -0.05) is 12.1 Å². The van der Waals surface area contributed by atoms with Gasteiger partial charge in [-0.25, -0.2) is 4.79 Å². The summed E-state index contributed by atoms with van der Waals surface area (Å²) in [5, 5.41) is 3.20. The Bertz CT molecular complexity index is 1140. The maximum absolute atomic E-state index is 12.6. The molecule has 0 spiro atoms. The molecule has 0 unspecified atom stereocenters. The summed E-state index contributed by atoms with van der Waals surface area (Å²) in [6.07, 6.45) is 0. The number of carbonyl (C=O) groups excluding carboxylic acids is 3. The molecule has 0 saturated carbocycles. The van der Waals surface area contributed by atoms with Gasteiger partial charge < -0.3 is 9.73 Å². The summed E-state index contributed by atoms with van der Waals surface area (Å²) in [5.41, 5.74) is 1.33. The third kappa shape index (κ3) is 2.89. The normalized spacial score (nSPS) is 13.1. The van der Waals surface area contributed by atoms with E-state index in [-0.39, 0.29) is 18.0 Å². The van der Waals surface area contributed by atoms with Crippen molar-refractivity contribution in [1.29, 1.82) is 0 Å². The molecule has 1 aliphatic heterocycles. The van der Waals surface area contributed by atoms with E-state index in [4.69, 9.17) is 4.42 Å². The van der Waals surface area contributed by atoms with Crippen LogP contribution in [0, 0.1) is 0 Å². The molecule has 7 heteroatoms. The van der Waals surface area contributed by atoms with E-state index in [1.165, 1.54) is 19.1 Å². The minimum atomic E-state index is -0.603. The second-order valence-corrected chi connectivity index (χ2v) is 6.22. The van der Waals surface area contributed by atoms with Crippen molar-refractivity contribution in [3.05, 3.63) is 75.6 Å². The van der Waals surface area contributed by atoms with Crippen LogP contribution in [0.5, 0.6) is 0 Å². The van der Waals surface area contributed by atoms with Crippen molar-refractivity contribution in [2.24, 2.45) is 0 Å². The Labute approximate surface area is 153 Å². The number of fused-ring (bicyclic) bond motifs is 2. The van der Waals surface area contributed by atoms with Crippen LogP contribution in [0.1, 0.15) is 33.2 Å². The van der Waals surface area contributed by atoms with E-state index in [1.54, 1.807) is 36.4 Å². The fraction of sp³-hybridized carbons (Fsp3) is 0.100. The molecule has 0 aliphatic carbocycles. The number of hydrogen-bond donors (Lipinski definition) is 1. The smallest absolute Gasteiger partial charge is 0.336 e. The minimum absolute atomic E-state index is 0.0477. The van der Waals surface area contributed by atoms with Crippen molar-refractivity contribution in [1.82, 2.24) is 4.90 Å². The average Bonchev–Trinajstić information content (AvgIpc) is 2.86. The first kappa shape index (κ1) is 16.7. The molecule has 7 nitrogen and oxygen atoms in total. The lowest BCUT2D eigenvalue weighted by atomic mass is 10.1. The molecule has 1 aromatic heterocycles. The van der Waals surface area contributed by atoms with Gasteiger partial charge in [-0.05, 0) is 29.8 Å². The molecular formula is C20H14N2O5. The number of nitrogens with zero attached hydrogens (tertiary/aromatic N) is 1. The summed E-state index contributed by atoms with van der Waals surface area (Å²) in [4.78, 5) is 49.4. The van der Waals surface area contributed by atoms with Gasteiger partial charge in [0.2, 0.25) is 5.91 Å². The van der Waals surface area contributed by atoms with Gasteiger partial charge in [-0.15, -0.1) is 0 Å². The zero-order valence-electron chi connectivity index (χ0n) is 14.3. The molecular weight excluding hydrogens is 348 g/mol. The van der Waals surface area contributed by atoms with Crippen LogP contribution in [-0.2, 0) is 11.3 Å². The Morgan fingerprint density at radius 1 is 1.00 bits per heavy atom. The third-order valence-electron chi connectivity index (χ3n) is 4.36. The van der Waals surface area contributed by atoms with E-state index >= 15 is 0 Å². The molecule has 1 aliphatic rings. The van der Waals surface area contributed by atoms with Crippen LogP contribution >= 0.6 is 0 Å². The van der Waals surface area contributed by atoms with Crippen LogP contribution in [0.15, 0.2) is 57.7 Å². The molecule has 27 heavy (non-hydrogen) atoms. The number of imide groups is 1. The van der Waals surface area contributed by atoms with Crippen LogP contribution in [0.3, 0.4) is 0 Å². The van der Waals surface area contributed by atoms with E-state index in [9.17, 15) is 19.2 Å². The first-order chi connectivity index (χ1) is 12.9. The summed E-state index contributed by atoms with van der Waals surface area (Å²) in [5.74, 6) is -1.04. The minimum Gasteiger partial charge on any atom is -0.423 e. The fourth-order valence-corrected chi connectivity index (χ4v) is 3.19. The molecule has 0 fully saturated rings. The molecule has 134 valence electrons. The highest BCUT2D eigenvalue weighted by Gasteiger charge is 2.35. The lowest BCUT2D eigenvalue weighted by Gasteiger charge is -2.15. The predicted octanol–water partition coefficient (Wildman–Crippen LogP) is 2.55. The van der Waals surface area contributed by atoms with Crippen LogP contribution in [0.25, 0.3) is 11.0 Å². The highest BCUT2D eigenvalue weighted by atomic mass is 16.4. The highest BCUT2D eigenvalue weighted by molar-refractivity contribution is 6.21. The van der Waals surface area contributed by atoms with Crippen molar-refractivity contribution in [2.75, 3.05) is 5.32 Å². The van der Waals surface area contributed by atoms with E-state index in [0.717, 1.165) is 4.90 Å². The van der Waals surface area contributed by atoms with Crippen molar-refractivity contribution >= 4 is 34.4 Å². The fourth-order valence-electron chi connectivity index (χ4n) is 3.19. The van der Waals surface area contributed by atoms with Crippen molar-refractivity contribution in [3.8, 4) is 0 Å². The molecule has 1 N–H and O–H groups in total. The first-order valence-corrected chi connectivity index (χ1v) is 8.23. The van der Waals surface area contributed by atoms with Crippen LogP contribution in [0.4, 0.5) is 5.69 Å². The Kier molecular flexibility index (Phi) is 3.84. The standard InChI is InChI=1S/C20H14N2O5/c1-11(23)21-13-6-7-14-12(8-18(24)27-17(14)9-13)10-22-19(25)15-4-2-3-5-16(15)20(22)26/h2-9H,10H2,1H3,(H,21,23). The van der Waals surface area contributed by atoms with E-state index in [1.807, 2.05) is 0 Å². The van der Waals surface area contributed by atoms with Gasteiger partial charge in [0.1, 0.15) is 5.58 Å². The topological polar surface area (TPSA) is 96.7 Å². The molecule has 4 rings (SSSR count). The quantitative estimate of drug-likeness (QED) is 0.570. The van der Waals surface area contributed by atoms with Crippen LogP contribution in [0.2, 0.25) is 0 Å². The Morgan fingerprint density at radius 3 is 2.30 bits per heavy atom. The summed E-state index contributed by atoms with van der Waals surface area (Å²) in [7, 11) is 0. The largest absolute Gasteiger partial charge is 0.423 e.